The van der Waals surface area contributed by atoms with Crippen molar-refractivity contribution in [2.75, 3.05) is 11.5 Å². The number of hydrogen-bond acceptors (Lipinski definition) is 7. The number of nitrogens with two attached hydrogens (primary N) is 2. The van der Waals surface area contributed by atoms with Crippen LogP contribution in [0.25, 0.3) is 6.08 Å². The van der Waals surface area contributed by atoms with Gasteiger partial charge in [0, 0.05) is 10.5 Å². The molecule has 0 fully saturated rings. The normalized spacial score (nSPS) is 10.7. The molecule has 1 aromatic carbocycles. The van der Waals surface area contributed by atoms with E-state index in [1.54, 1.807) is 6.08 Å². The summed E-state index contributed by atoms with van der Waals surface area (Å²) in [7, 11) is 0. The van der Waals surface area contributed by atoms with E-state index in [2.05, 4.69) is 30.9 Å². The zero-order valence-electron chi connectivity index (χ0n) is 10.9. The van der Waals surface area contributed by atoms with Crippen LogP contribution in [0.15, 0.2) is 34.8 Å². The van der Waals surface area contributed by atoms with Gasteiger partial charge in [0.25, 0.3) is 0 Å². The number of rotatable bonds is 4. The molecule has 0 atom stereocenters. The van der Waals surface area contributed by atoms with Crippen LogP contribution in [0.5, 0.6) is 0 Å². The van der Waals surface area contributed by atoms with Crippen molar-refractivity contribution < 1.29 is 9.53 Å². The SMILES string of the molecule is Nc1nc(N)nc(COC(=O)/C=C/c2cccc(Br)c2)n1. The Labute approximate surface area is 129 Å². The van der Waals surface area contributed by atoms with E-state index >= 15 is 0 Å². The second-order valence-corrected chi connectivity index (χ2v) is 4.88. The number of carbonyl (C=O) groups is 1. The molecule has 0 saturated heterocycles. The number of anilines is 2. The summed E-state index contributed by atoms with van der Waals surface area (Å²) < 4.78 is 5.91. The second-order valence-electron chi connectivity index (χ2n) is 3.96. The van der Waals surface area contributed by atoms with Gasteiger partial charge >= 0.3 is 5.97 Å². The van der Waals surface area contributed by atoms with Crippen molar-refractivity contribution in [3.63, 3.8) is 0 Å². The Bertz CT molecular complexity index is 670. The van der Waals surface area contributed by atoms with Gasteiger partial charge in [0.2, 0.25) is 11.9 Å². The standard InChI is InChI=1S/C13H12BrN5O2/c14-9-3-1-2-8(6-9)4-5-11(20)21-7-10-17-12(15)19-13(16)18-10/h1-6H,7H2,(H4,15,16,17,18,19)/b5-4+. The summed E-state index contributed by atoms with van der Waals surface area (Å²) in [4.78, 5) is 22.8. The van der Waals surface area contributed by atoms with E-state index in [1.165, 1.54) is 6.08 Å². The highest BCUT2D eigenvalue weighted by Gasteiger charge is 2.04. The molecule has 108 valence electrons. The molecule has 4 N–H and O–H groups in total. The number of aromatic nitrogens is 3. The van der Waals surface area contributed by atoms with Crippen molar-refractivity contribution in [2.24, 2.45) is 0 Å². The maximum Gasteiger partial charge on any atom is 0.331 e. The molecule has 0 bridgehead atoms. The first kappa shape index (κ1) is 14.9. The quantitative estimate of drug-likeness (QED) is 0.635. The summed E-state index contributed by atoms with van der Waals surface area (Å²) in [5.41, 5.74) is 11.7. The third kappa shape index (κ3) is 4.84. The van der Waals surface area contributed by atoms with E-state index in [0.717, 1.165) is 10.0 Å². The van der Waals surface area contributed by atoms with Crippen LogP contribution >= 0.6 is 15.9 Å². The predicted octanol–water partition coefficient (Wildman–Crippen LogP) is 1.56. The summed E-state index contributed by atoms with van der Waals surface area (Å²) in [5.74, 6) is -0.354. The fourth-order valence-electron chi connectivity index (χ4n) is 1.48. The van der Waals surface area contributed by atoms with Gasteiger partial charge in [-0.05, 0) is 23.8 Å². The predicted molar refractivity (Wildman–Crippen MR) is 81.6 cm³/mol. The van der Waals surface area contributed by atoms with E-state index in [-0.39, 0.29) is 24.3 Å². The van der Waals surface area contributed by atoms with Crippen LogP contribution in [0.1, 0.15) is 11.4 Å². The lowest BCUT2D eigenvalue weighted by Crippen LogP contribution is -2.09. The molecule has 2 rings (SSSR count). The van der Waals surface area contributed by atoms with Gasteiger partial charge in [0.05, 0.1) is 0 Å². The second kappa shape index (κ2) is 6.80. The Balaban J connectivity index is 1.93. The van der Waals surface area contributed by atoms with Crippen LogP contribution in [0, 0.1) is 0 Å². The van der Waals surface area contributed by atoms with Gasteiger partial charge in [-0.15, -0.1) is 0 Å². The molecule has 1 aromatic heterocycles. The summed E-state index contributed by atoms with van der Waals surface area (Å²) >= 11 is 3.35. The molecule has 0 unspecified atom stereocenters. The monoisotopic (exact) mass is 349 g/mol. The molecular formula is C13H12BrN5O2. The summed E-state index contributed by atoms with van der Waals surface area (Å²) in [6.07, 6.45) is 2.96. The maximum absolute atomic E-state index is 11.6. The number of halogens is 1. The molecule has 0 radical (unpaired) electrons. The Morgan fingerprint density at radius 1 is 1.24 bits per heavy atom. The van der Waals surface area contributed by atoms with Gasteiger partial charge in [-0.3, -0.25) is 0 Å². The number of ether oxygens (including phenoxy) is 1. The molecule has 21 heavy (non-hydrogen) atoms. The Morgan fingerprint density at radius 3 is 2.62 bits per heavy atom. The van der Waals surface area contributed by atoms with Crippen molar-refractivity contribution in [3.05, 3.63) is 46.2 Å². The number of nitrogens with zero attached hydrogens (tertiary/aromatic N) is 3. The van der Waals surface area contributed by atoms with Crippen LogP contribution in [0.4, 0.5) is 11.9 Å². The number of nitrogen functional groups attached to an aromatic ring is 2. The molecular weight excluding hydrogens is 338 g/mol. The van der Waals surface area contributed by atoms with E-state index < -0.39 is 5.97 Å². The van der Waals surface area contributed by atoms with Crippen molar-refractivity contribution in [1.82, 2.24) is 15.0 Å². The summed E-state index contributed by atoms with van der Waals surface area (Å²) in [6.45, 7) is -0.126. The molecule has 0 amide bonds. The number of benzene rings is 1. The number of esters is 1. The van der Waals surface area contributed by atoms with Crippen molar-refractivity contribution in [2.45, 2.75) is 6.61 Å². The fraction of sp³-hybridized carbons (Fsp3) is 0.0769. The average molecular weight is 350 g/mol. The first-order chi connectivity index (χ1) is 10.0. The molecule has 0 spiro atoms. The molecule has 7 nitrogen and oxygen atoms in total. The summed E-state index contributed by atoms with van der Waals surface area (Å²) in [6, 6.07) is 7.50. The molecule has 1 heterocycles. The molecule has 8 heteroatoms. The van der Waals surface area contributed by atoms with Gasteiger partial charge in [-0.2, -0.15) is 15.0 Å². The van der Waals surface area contributed by atoms with Crippen LogP contribution in [-0.4, -0.2) is 20.9 Å². The molecule has 2 aromatic rings. The Morgan fingerprint density at radius 2 is 1.95 bits per heavy atom. The van der Waals surface area contributed by atoms with E-state index in [4.69, 9.17) is 16.2 Å². The molecule has 0 aliphatic heterocycles. The zero-order chi connectivity index (χ0) is 15.2. The van der Waals surface area contributed by atoms with Crippen LogP contribution in [-0.2, 0) is 16.1 Å². The largest absolute Gasteiger partial charge is 0.454 e. The van der Waals surface area contributed by atoms with Gasteiger partial charge < -0.3 is 16.2 Å². The smallest absolute Gasteiger partial charge is 0.331 e. The average Bonchev–Trinajstić information content (AvgIpc) is 2.42. The van der Waals surface area contributed by atoms with Gasteiger partial charge in [0.15, 0.2) is 12.4 Å². The van der Waals surface area contributed by atoms with Crippen molar-refractivity contribution in [3.8, 4) is 0 Å². The minimum Gasteiger partial charge on any atom is -0.454 e. The highest BCUT2D eigenvalue weighted by atomic mass is 79.9. The lowest BCUT2D eigenvalue weighted by molar-refractivity contribution is -0.139. The van der Waals surface area contributed by atoms with Crippen LogP contribution < -0.4 is 11.5 Å². The number of hydrogen-bond donors (Lipinski definition) is 2. The van der Waals surface area contributed by atoms with Gasteiger partial charge in [-0.25, -0.2) is 4.79 Å². The van der Waals surface area contributed by atoms with E-state index in [0.29, 0.717) is 0 Å². The Kier molecular flexibility index (Phi) is 4.83. The fourth-order valence-corrected chi connectivity index (χ4v) is 1.90. The lowest BCUT2D eigenvalue weighted by atomic mass is 10.2. The topological polar surface area (TPSA) is 117 Å². The molecule has 0 saturated carbocycles. The first-order valence-corrected chi connectivity index (χ1v) is 6.68. The summed E-state index contributed by atoms with van der Waals surface area (Å²) in [5, 5.41) is 0. The highest BCUT2D eigenvalue weighted by molar-refractivity contribution is 9.10. The maximum atomic E-state index is 11.6. The lowest BCUT2D eigenvalue weighted by Gasteiger charge is -2.02. The number of carbonyl (C=O) groups excluding carboxylic acids is 1. The van der Waals surface area contributed by atoms with E-state index in [1.807, 2.05) is 24.3 Å². The first-order valence-electron chi connectivity index (χ1n) is 5.89. The van der Waals surface area contributed by atoms with Gasteiger partial charge in [0.1, 0.15) is 0 Å². The molecule has 0 aliphatic rings. The molecule has 0 aliphatic carbocycles. The minimum atomic E-state index is -0.521. The highest BCUT2D eigenvalue weighted by Crippen LogP contribution is 2.12. The van der Waals surface area contributed by atoms with E-state index in [9.17, 15) is 4.79 Å². The van der Waals surface area contributed by atoms with Crippen molar-refractivity contribution >= 4 is 39.9 Å². The zero-order valence-corrected chi connectivity index (χ0v) is 12.4. The third-order valence-electron chi connectivity index (χ3n) is 2.32. The Hall–Kier alpha value is -2.48. The third-order valence-corrected chi connectivity index (χ3v) is 2.81. The van der Waals surface area contributed by atoms with Crippen molar-refractivity contribution in [1.29, 1.82) is 0 Å². The van der Waals surface area contributed by atoms with Crippen LogP contribution in [0.2, 0.25) is 0 Å². The van der Waals surface area contributed by atoms with Gasteiger partial charge in [-0.1, -0.05) is 28.1 Å². The minimum absolute atomic E-state index is 0.0155. The van der Waals surface area contributed by atoms with Crippen LogP contribution in [0.3, 0.4) is 0 Å².